The van der Waals surface area contributed by atoms with Crippen LogP contribution < -0.4 is 5.32 Å². The van der Waals surface area contributed by atoms with Crippen molar-refractivity contribution >= 4 is 27.7 Å². The van der Waals surface area contributed by atoms with Gasteiger partial charge in [0, 0.05) is 16.2 Å². The number of hydrogen-bond donors (Lipinski definition) is 1. The molecule has 0 aliphatic heterocycles. The van der Waals surface area contributed by atoms with Gasteiger partial charge in [-0.05, 0) is 60.0 Å². The van der Waals surface area contributed by atoms with Crippen LogP contribution in [0.15, 0.2) is 34.9 Å². The van der Waals surface area contributed by atoms with Gasteiger partial charge in [0.05, 0.1) is 0 Å². The van der Waals surface area contributed by atoms with Crippen molar-refractivity contribution in [2.75, 3.05) is 5.32 Å². The number of halogens is 1. The first-order valence-electron chi connectivity index (χ1n) is 5.98. The molecule has 1 aromatic heterocycles. The van der Waals surface area contributed by atoms with Gasteiger partial charge in [0.15, 0.2) is 0 Å². The van der Waals surface area contributed by atoms with Crippen LogP contribution in [0, 0.1) is 20.8 Å². The van der Waals surface area contributed by atoms with E-state index in [0.29, 0.717) is 11.4 Å². The summed E-state index contributed by atoms with van der Waals surface area (Å²) >= 11 is 3.35. The summed E-state index contributed by atoms with van der Waals surface area (Å²) in [6, 6.07) is 7.76. The number of rotatable bonds is 2. The third-order valence-corrected chi connectivity index (χ3v) is 3.35. The highest BCUT2D eigenvalue weighted by Crippen LogP contribution is 2.18. The summed E-state index contributed by atoms with van der Waals surface area (Å²) in [6.45, 7) is 5.81. The van der Waals surface area contributed by atoms with Crippen LogP contribution in [0.1, 0.15) is 27.0 Å². The molecule has 2 aromatic rings. The van der Waals surface area contributed by atoms with E-state index in [0.717, 1.165) is 21.2 Å². The third kappa shape index (κ3) is 3.20. The number of benzene rings is 1. The van der Waals surface area contributed by atoms with Gasteiger partial charge >= 0.3 is 0 Å². The number of nitrogens with one attached hydrogen (secondary N) is 1. The van der Waals surface area contributed by atoms with Gasteiger partial charge in [0.25, 0.3) is 5.91 Å². The normalized spacial score (nSPS) is 10.3. The molecule has 0 radical (unpaired) electrons. The van der Waals surface area contributed by atoms with Gasteiger partial charge in [-0.1, -0.05) is 17.7 Å². The molecule has 1 heterocycles. The fourth-order valence-corrected chi connectivity index (χ4v) is 2.27. The number of amides is 1. The van der Waals surface area contributed by atoms with E-state index in [2.05, 4.69) is 26.2 Å². The molecule has 0 atom stereocenters. The standard InChI is InChI=1S/C15H15BrN2O/c1-9-4-5-10(2)13(6-9)15(19)18-14-11(3)7-12(16)8-17-14/h4-8H,1-3H3,(H,17,18,19). The van der Waals surface area contributed by atoms with E-state index >= 15 is 0 Å². The van der Waals surface area contributed by atoms with Crippen LogP contribution in [0.3, 0.4) is 0 Å². The smallest absolute Gasteiger partial charge is 0.257 e. The van der Waals surface area contributed by atoms with E-state index in [1.807, 2.05) is 45.0 Å². The number of pyridine rings is 1. The Hall–Kier alpha value is -1.68. The lowest BCUT2D eigenvalue weighted by atomic mass is 10.1. The van der Waals surface area contributed by atoms with Crippen molar-refractivity contribution in [2.24, 2.45) is 0 Å². The van der Waals surface area contributed by atoms with E-state index in [4.69, 9.17) is 0 Å². The van der Waals surface area contributed by atoms with Crippen LogP contribution in [0.5, 0.6) is 0 Å². The molecule has 0 bridgehead atoms. The number of carbonyl (C=O) groups is 1. The molecule has 0 fully saturated rings. The summed E-state index contributed by atoms with van der Waals surface area (Å²) < 4.78 is 0.898. The SMILES string of the molecule is Cc1ccc(C)c(C(=O)Nc2ncc(Br)cc2C)c1. The minimum atomic E-state index is -0.126. The first-order chi connectivity index (χ1) is 8.97. The molecule has 2 rings (SSSR count). The van der Waals surface area contributed by atoms with E-state index < -0.39 is 0 Å². The van der Waals surface area contributed by atoms with Crippen molar-refractivity contribution in [3.8, 4) is 0 Å². The second-order valence-corrected chi connectivity index (χ2v) is 5.51. The maximum absolute atomic E-state index is 12.3. The third-order valence-electron chi connectivity index (χ3n) is 2.91. The van der Waals surface area contributed by atoms with E-state index in [9.17, 15) is 4.79 Å². The summed E-state index contributed by atoms with van der Waals surface area (Å²) in [5.74, 6) is 0.466. The number of aromatic nitrogens is 1. The highest BCUT2D eigenvalue weighted by Gasteiger charge is 2.11. The van der Waals surface area contributed by atoms with Crippen LogP contribution in [0.4, 0.5) is 5.82 Å². The predicted molar refractivity (Wildman–Crippen MR) is 80.5 cm³/mol. The monoisotopic (exact) mass is 318 g/mol. The quantitative estimate of drug-likeness (QED) is 0.908. The van der Waals surface area contributed by atoms with Crippen LogP contribution in [0.2, 0.25) is 0 Å². The average molecular weight is 319 g/mol. The molecule has 0 spiro atoms. The first kappa shape index (κ1) is 13.7. The van der Waals surface area contributed by atoms with Crippen molar-refractivity contribution in [3.05, 3.63) is 57.2 Å². The Labute approximate surface area is 121 Å². The van der Waals surface area contributed by atoms with Gasteiger partial charge in [-0.2, -0.15) is 0 Å². The van der Waals surface area contributed by atoms with Gasteiger partial charge < -0.3 is 5.32 Å². The number of aryl methyl sites for hydroxylation is 3. The van der Waals surface area contributed by atoms with Crippen molar-refractivity contribution in [2.45, 2.75) is 20.8 Å². The van der Waals surface area contributed by atoms with Crippen LogP contribution in [0.25, 0.3) is 0 Å². The Morgan fingerprint density at radius 1 is 1.16 bits per heavy atom. The summed E-state index contributed by atoms with van der Waals surface area (Å²) in [6.07, 6.45) is 1.67. The van der Waals surface area contributed by atoms with E-state index in [1.165, 1.54) is 0 Å². The summed E-state index contributed by atoms with van der Waals surface area (Å²) in [4.78, 5) is 16.5. The summed E-state index contributed by atoms with van der Waals surface area (Å²) in [5, 5.41) is 2.85. The molecule has 0 saturated heterocycles. The van der Waals surface area contributed by atoms with Gasteiger partial charge in [0.2, 0.25) is 0 Å². The highest BCUT2D eigenvalue weighted by molar-refractivity contribution is 9.10. The fraction of sp³-hybridized carbons (Fsp3) is 0.200. The lowest BCUT2D eigenvalue weighted by Gasteiger charge is -2.10. The summed E-state index contributed by atoms with van der Waals surface area (Å²) in [7, 11) is 0. The van der Waals surface area contributed by atoms with Gasteiger partial charge in [-0.15, -0.1) is 0 Å². The summed E-state index contributed by atoms with van der Waals surface area (Å²) in [5.41, 5.74) is 3.63. The van der Waals surface area contributed by atoms with Crippen molar-refractivity contribution < 1.29 is 4.79 Å². The van der Waals surface area contributed by atoms with Crippen LogP contribution >= 0.6 is 15.9 Å². The zero-order chi connectivity index (χ0) is 14.0. The topological polar surface area (TPSA) is 42.0 Å². The molecule has 0 saturated carbocycles. The molecule has 0 aliphatic rings. The minimum absolute atomic E-state index is 0.126. The number of nitrogens with zero attached hydrogens (tertiary/aromatic N) is 1. The zero-order valence-corrected chi connectivity index (χ0v) is 12.7. The molecule has 3 nitrogen and oxygen atoms in total. The Morgan fingerprint density at radius 3 is 2.58 bits per heavy atom. The molecule has 98 valence electrons. The fourth-order valence-electron chi connectivity index (χ4n) is 1.83. The molecule has 19 heavy (non-hydrogen) atoms. The van der Waals surface area contributed by atoms with Crippen molar-refractivity contribution in [1.29, 1.82) is 0 Å². The van der Waals surface area contributed by atoms with E-state index in [-0.39, 0.29) is 5.91 Å². The lowest BCUT2D eigenvalue weighted by molar-refractivity contribution is 0.102. The number of hydrogen-bond acceptors (Lipinski definition) is 2. The maximum Gasteiger partial charge on any atom is 0.257 e. The molecular formula is C15H15BrN2O. The van der Waals surface area contributed by atoms with Crippen LogP contribution in [-0.4, -0.2) is 10.9 Å². The highest BCUT2D eigenvalue weighted by atomic mass is 79.9. The Morgan fingerprint density at radius 2 is 1.89 bits per heavy atom. The predicted octanol–water partition coefficient (Wildman–Crippen LogP) is 4.02. The van der Waals surface area contributed by atoms with Gasteiger partial charge in [0.1, 0.15) is 5.82 Å². The molecule has 4 heteroatoms. The molecule has 0 aliphatic carbocycles. The Balaban J connectivity index is 2.28. The molecule has 0 unspecified atom stereocenters. The largest absolute Gasteiger partial charge is 0.306 e. The average Bonchev–Trinajstić information content (AvgIpc) is 2.35. The second-order valence-electron chi connectivity index (χ2n) is 4.59. The van der Waals surface area contributed by atoms with Gasteiger partial charge in [-0.25, -0.2) is 4.98 Å². The lowest BCUT2D eigenvalue weighted by Crippen LogP contribution is -2.15. The van der Waals surface area contributed by atoms with Crippen molar-refractivity contribution in [1.82, 2.24) is 4.98 Å². The van der Waals surface area contributed by atoms with Gasteiger partial charge in [-0.3, -0.25) is 4.79 Å². The maximum atomic E-state index is 12.3. The molecule has 1 amide bonds. The number of anilines is 1. The van der Waals surface area contributed by atoms with Crippen molar-refractivity contribution in [3.63, 3.8) is 0 Å². The minimum Gasteiger partial charge on any atom is -0.306 e. The first-order valence-corrected chi connectivity index (χ1v) is 6.77. The Kier molecular flexibility index (Phi) is 4.00. The molecular weight excluding hydrogens is 304 g/mol. The zero-order valence-electron chi connectivity index (χ0n) is 11.1. The molecule has 1 N–H and O–H groups in total. The Bertz CT molecular complexity index is 638. The number of carbonyl (C=O) groups excluding carboxylic acids is 1. The molecule has 1 aromatic carbocycles. The second kappa shape index (κ2) is 5.53. The van der Waals surface area contributed by atoms with E-state index in [1.54, 1.807) is 6.20 Å². The van der Waals surface area contributed by atoms with Crippen LogP contribution in [-0.2, 0) is 0 Å².